The van der Waals surface area contributed by atoms with Gasteiger partial charge in [0, 0.05) is 0 Å². The number of hydrogen-bond acceptors (Lipinski definition) is 4. The van der Waals surface area contributed by atoms with Gasteiger partial charge in [-0.15, -0.1) is 0 Å². The number of para-hydroxylation sites is 1. The number of carbonyl (C=O) groups excluding carboxylic acids is 1. The molecule has 3 rings (SSSR count). The Labute approximate surface area is 143 Å². The summed E-state index contributed by atoms with van der Waals surface area (Å²) in [5.41, 5.74) is 2.15. The smallest absolute Gasteiger partial charge is 0.319 e. The number of rotatable bonds is 4. The van der Waals surface area contributed by atoms with E-state index in [0.717, 1.165) is 11.3 Å². The van der Waals surface area contributed by atoms with Gasteiger partial charge in [-0.25, -0.2) is 4.79 Å². The predicted molar refractivity (Wildman–Crippen MR) is 91.0 cm³/mol. The first-order valence-electron chi connectivity index (χ1n) is 7.36. The Morgan fingerprint density at radius 1 is 1.21 bits per heavy atom. The van der Waals surface area contributed by atoms with Crippen molar-refractivity contribution >= 4 is 23.3 Å². The summed E-state index contributed by atoms with van der Waals surface area (Å²) in [5, 5.41) is 9.79. The lowest BCUT2D eigenvalue weighted by atomic mass is 10.1. The van der Waals surface area contributed by atoms with Crippen LogP contribution in [-0.2, 0) is 6.54 Å². The molecule has 0 radical (unpaired) electrons. The van der Waals surface area contributed by atoms with E-state index in [0.29, 0.717) is 28.0 Å². The third-order valence-electron chi connectivity index (χ3n) is 3.49. The summed E-state index contributed by atoms with van der Waals surface area (Å²) in [4.78, 5) is 11.9. The van der Waals surface area contributed by atoms with E-state index in [9.17, 15) is 4.79 Å². The Bertz CT molecular complexity index is 850. The summed E-state index contributed by atoms with van der Waals surface area (Å²) < 4.78 is 10.9. The fourth-order valence-corrected chi connectivity index (χ4v) is 2.52. The number of halogens is 1. The van der Waals surface area contributed by atoms with E-state index in [1.165, 1.54) is 0 Å². The van der Waals surface area contributed by atoms with Crippen LogP contribution in [0.5, 0.6) is 0 Å². The number of nitrogens with zero attached hydrogens (tertiary/aromatic N) is 1. The van der Waals surface area contributed by atoms with Crippen molar-refractivity contribution in [2.24, 2.45) is 0 Å². The summed E-state index contributed by atoms with van der Waals surface area (Å²) >= 11 is 6.00. The van der Waals surface area contributed by atoms with Gasteiger partial charge >= 0.3 is 6.03 Å². The number of aromatic nitrogens is 1. The van der Waals surface area contributed by atoms with Crippen LogP contribution in [0.15, 0.2) is 45.3 Å². The van der Waals surface area contributed by atoms with Gasteiger partial charge < -0.3 is 19.6 Å². The Kier molecular flexibility index (Phi) is 4.57. The fraction of sp³-hybridized carbons (Fsp3) is 0.176. The number of carbonyl (C=O) groups is 1. The van der Waals surface area contributed by atoms with Crippen LogP contribution >= 0.6 is 11.6 Å². The molecule has 2 amide bonds. The summed E-state index contributed by atoms with van der Waals surface area (Å²) in [6.45, 7) is 3.93. The fourth-order valence-electron chi connectivity index (χ4n) is 2.34. The van der Waals surface area contributed by atoms with Gasteiger partial charge in [0.05, 0.1) is 28.5 Å². The minimum atomic E-state index is -0.363. The maximum absolute atomic E-state index is 11.9. The molecule has 0 spiro atoms. The standard InChI is InChI=1S/C17H16ClN3O3/c1-10-16(11(2)24-21-10)15-8-7-12(23-15)9-19-17(22)20-14-6-4-3-5-13(14)18/h3-8H,9H2,1-2H3,(H2,19,20,22). The van der Waals surface area contributed by atoms with Crippen molar-refractivity contribution in [1.82, 2.24) is 10.5 Å². The van der Waals surface area contributed by atoms with E-state index in [4.69, 9.17) is 20.5 Å². The maximum Gasteiger partial charge on any atom is 0.319 e. The molecule has 7 heteroatoms. The largest absolute Gasteiger partial charge is 0.459 e. The monoisotopic (exact) mass is 345 g/mol. The molecule has 0 saturated carbocycles. The molecule has 6 nitrogen and oxygen atoms in total. The van der Waals surface area contributed by atoms with E-state index in [-0.39, 0.29) is 12.6 Å². The van der Waals surface area contributed by atoms with Crippen LogP contribution in [0.1, 0.15) is 17.2 Å². The van der Waals surface area contributed by atoms with Crippen LogP contribution in [0.4, 0.5) is 10.5 Å². The van der Waals surface area contributed by atoms with Gasteiger partial charge in [0.2, 0.25) is 0 Å². The number of urea groups is 1. The summed E-state index contributed by atoms with van der Waals surface area (Å²) in [6.07, 6.45) is 0. The zero-order chi connectivity index (χ0) is 17.1. The Morgan fingerprint density at radius 2 is 2.00 bits per heavy atom. The summed E-state index contributed by atoms with van der Waals surface area (Å²) in [7, 11) is 0. The third kappa shape index (κ3) is 3.44. The molecule has 3 aromatic rings. The molecular weight excluding hydrogens is 330 g/mol. The van der Waals surface area contributed by atoms with Crippen molar-refractivity contribution < 1.29 is 13.7 Å². The second-order valence-corrected chi connectivity index (χ2v) is 5.66. The van der Waals surface area contributed by atoms with E-state index in [2.05, 4.69) is 15.8 Å². The lowest BCUT2D eigenvalue weighted by molar-refractivity contribution is 0.251. The highest BCUT2D eigenvalue weighted by Gasteiger charge is 2.15. The molecular formula is C17H16ClN3O3. The lowest BCUT2D eigenvalue weighted by Crippen LogP contribution is -2.28. The van der Waals surface area contributed by atoms with E-state index < -0.39 is 0 Å². The number of anilines is 1. The van der Waals surface area contributed by atoms with Crippen molar-refractivity contribution in [2.75, 3.05) is 5.32 Å². The number of amides is 2. The highest BCUT2D eigenvalue weighted by molar-refractivity contribution is 6.33. The Balaban J connectivity index is 1.62. The molecule has 0 saturated heterocycles. The van der Waals surface area contributed by atoms with Gasteiger partial charge in [-0.05, 0) is 38.1 Å². The zero-order valence-electron chi connectivity index (χ0n) is 13.2. The van der Waals surface area contributed by atoms with Gasteiger partial charge in [-0.1, -0.05) is 28.9 Å². The normalized spacial score (nSPS) is 10.6. The summed E-state index contributed by atoms with van der Waals surface area (Å²) in [6, 6.07) is 10.3. The molecule has 1 aromatic carbocycles. The van der Waals surface area contributed by atoms with Crippen molar-refractivity contribution in [1.29, 1.82) is 0 Å². The van der Waals surface area contributed by atoms with Crippen LogP contribution in [0, 0.1) is 13.8 Å². The Hall–Kier alpha value is -2.73. The zero-order valence-corrected chi connectivity index (χ0v) is 14.0. The molecule has 2 N–H and O–H groups in total. The van der Waals surface area contributed by atoms with E-state index in [1.807, 2.05) is 19.9 Å². The molecule has 24 heavy (non-hydrogen) atoms. The van der Waals surface area contributed by atoms with Gasteiger partial charge in [0.25, 0.3) is 0 Å². The predicted octanol–water partition coefficient (Wildman–Crippen LogP) is 4.53. The van der Waals surface area contributed by atoms with Crippen molar-refractivity contribution in [3.05, 3.63) is 58.6 Å². The SMILES string of the molecule is Cc1noc(C)c1-c1ccc(CNC(=O)Nc2ccccc2Cl)o1. The van der Waals surface area contributed by atoms with Crippen molar-refractivity contribution in [3.63, 3.8) is 0 Å². The maximum atomic E-state index is 11.9. The average Bonchev–Trinajstić information content (AvgIpc) is 3.14. The van der Waals surface area contributed by atoms with Crippen molar-refractivity contribution in [2.45, 2.75) is 20.4 Å². The number of furan rings is 1. The summed E-state index contributed by atoms with van der Waals surface area (Å²) in [5.74, 6) is 1.98. The molecule has 0 aliphatic carbocycles. The van der Waals surface area contributed by atoms with Gasteiger partial charge in [-0.2, -0.15) is 0 Å². The van der Waals surface area contributed by atoms with Gasteiger partial charge in [0.15, 0.2) is 0 Å². The molecule has 0 aliphatic heterocycles. The molecule has 2 heterocycles. The molecule has 0 unspecified atom stereocenters. The average molecular weight is 346 g/mol. The molecule has 0 fully saturated rings. The number of nitrogens with one attached hydrogen (secondary N) is 2. The van der Waals surface area contributed by atoms with Gasteiger partial charge in [0.1, 0.15) is 17.3 Å². The highest BCUT2D eigenvalue weighted by atomic mass is 35.5. The molecule has 0 aliphatic rings. The van der Waals surface area contributed by atoms with Crippen LogP contribution in [0.25, 0.3) is 11.3 Å². The molecule has 2 aromatic heterocycles. The Morgan fingerprint density at radius 3 is 2.71 bits per heavy atom. The second kappa shape index (κ2) is 6.80. The van der Waals surface area contributed by atoms with E-state index in [1.54, 1.807) is 30.3 Å². The number of hydrogen-bond donors (Lipinski definition) is 2. The first-order valence-corrected chi connectivity index (χ1v) is 7.73. The van der Waals surface area contributed by atoms with Crippen LogP contribution in [0.3, 0.4) is 0 Å². The molecule has 0 bridgehead atoms. The molecule has 124 valence electrons. The minimum Gasteiger partial charge on any atom is -0.459 e. The lowest BCUT2D eigenvalue weighted by Gasteiger charge is -2.07. The highest BCUT2D eigenvalue weighted by Crippen LogP contribution is 2.28. The second-order valence-electron chi connectivity index (χ2n) is 5.25. The topological polar surface area (TPSA) is 80.3 Å². The number of benzene rings is 1. The molecule has 0 atom stereocenters. The third-order valence-corrected chi connectivity index (χ3v) is 3.82. The quantitative estimate of drug-likeness (QED) is 0.728. The minimum absolute atomic E-state index is 0.250. The van der Waals surface area contributed by atoms with Gasteiger partial charge in [-0.3, -0.25) is 0 Å². The first kappa shape index (κ1) is 16.1. The van der Waals surface area contributed by atoms with Crippen LogP contribution in [-0.4, -0.2) is 11.2 Å². The van der Waals surface area contributed by atoms with Crippen LogP contribution in [0.2, 0.25) is 5.02 Å². The van der Waals surface area contributed by atoms with Crippen molar-refractivity contribution in [3.8, 4) is 11.3 Å². The number of aryl methyl sites for hydroxylation is 2. The van der Waals surface area contributed by atoms with Crippen LogP contribution < -0.4 is 10.6 Å². The first-order chi connectivity index (χ1) is 11.5. The van der Waals surface area contributed by atoms with E-state index >= 15 is 0 Å².